The molecule has 2 fully saturated rings. The molecule has 5 amide bonds. The number of piperidine rings is 2. The minimum absolute atomic E-state index is 0.0572. The van der Waals surface area contributed by atoms with Gasteiger partial charge < -0.3 is 45.2 Å². The summed E-state index contributed by atoms with van der Waals surface area (Å²) in [6.45, 7) is 11.1. The van der Waals surface area contributed by atoms with Crippen molar-refractivity contribution in [1.29, 1.82) is 0 Å². The number of ether oxygens (including phenoxy) is 2. The maximum atomic E-state index is 12.9. The molecule has 2 saturated heterocycles. The Labute approximate surface area is 361 Å². The number of aliphatic hydroxyl groups excluding tert-OH is 1. The summed E-state index contributed by atoms with van der Waals surface area (Å²) >= 11 is 4.39. The lowest BCUT2D eigenvalue weighted by Crippen LogP contribution is -2.52. The van der Waals surface area contributed by atoms with E-state index in [1.54, 1.807) is 24.2 Å². The van der Waals surface area contributed by atoms with Gasteiger partial charge in [0.2, 0.25) is 29.5 Å². The van der Waals surface area contributed by atoms with Crippen LogP contribution in [0, 0.1) is 5.92 Å². The van der Waals surface area contributed by atoms with Gasteiger partial charge in [0.25, 0.3) is 5.91 Å². The minimum Gasteiger partial charge on any atom is -0.444 e. The van der Waals surface area contributed by atoms with E-state index in [-0.39, 0.29) is 47.9 Å². The van der Waals surface area contributed by atoms with Crippen LogP contribution in [0.25, 0.3) is 0 Å². The number of thiophene rings is 1. The van der Waals surface area contributed by atoms with Crippen LogP contribution in [0.4, 0.5) is 5.13 Å². The monoisotopic (exact) mass is 889 g/mol. The number of fused-ring (bicyclic) bond motifs is 1. The molecule has 0 aromatic carbocycles. The van der Waals surface area contributed by atoms with Gasteiger partial charge >= 0.3 is 0 Å². The fourth-order valence-electron chi connectivity index (χ4n) is 6.85. The van der Waals surface area contributed by atoms with Crippen molar-refractivity contribution in [2.75, 3.05) is 71.0 Å². The van der Waals surface area contributed by atoms with Gasteiger partial charge in [-0.1, -0.05) is 32.1 Å². The molecule has 0 spiro atoms. The number of aromatic nitrogens is 2. The zero-order chi connectivity index (χ0) is 42.6. The summed E-state index contributed by atoms with van der Waals surface area (Å²) < 4.78 is 18.0. The van der Waals surface area contributed by atoms with Crippen LogP contribution in [-0.4, -0.2) is 132 Å². The third kappa shape index (κ3) is 13.3. The van der Waals surface area contributed by atoms with E-state index in [2.05, 4.69) is 62.2 Å². The fraction of sp³-hybridized carbons (Fsp3) is 0.615. The molecule has 3 aliphatic rings. The summed E-state index contributed by atoms with van der Waals surface area (Å²) in [6.07, 6.45) is 4.91. The highest BCUT2D eigenvalue weighted by Crippen LogP contribution is 2.35. The Morgan fingerprint density at radius 2 is 1.78 bits per heavy atom. The number of hydrogen-bond donors (Lipinski definition) is 6. The second-order valence-corrected chi connectivity index (χ2v) is 19.3. The first-order chi connectivity index (χ1) is 28.8. The van der Waals surface area contributed by atoms with Crippen molar-refractivity contribution in [2.45, 2.75) is 87.2 Å². The van der Waals surface area contributed by atoms with E-state index in [9.17, 15) is 29.1 Å². The third-order valence-corrected chi connectivity index (χ3v) is 13.5. The molecule has 18 nitrogen and oxygen atoms in total. The van der Waals surface area contributed by atoms with Crippen LogP contribution < -0.4 is 26.6 Å². The molecule has 0 radical (unpaired) electrons. The van der Waals surface area contributed by atoms with Gasteiger partial charge in [-0.2, -0.15) is 0 Å². The maximum Gasteiger partial charge on any atom is 0.265 e. The number of thiazole rings is 1. The number of anilines is 1. The lowest BCUT2D eigenvalue weighted by atomic mass is 9.94. The molecule has 6 rings (SSSR count). The van der Waals surface area contributed by atoms with Crippen LogP contribution >= 0.6 is 34.4 Å². The zero-order valence-corrected chi connectivity index (χ0v) is 36.7. The molecular formula is C39H55N9O9S3. The van der Waals surface area contributed by atoms with Gasteiger partial charge in [-0.15, -0.1) is 23.1 Å². The van der Waals surface area contributed by atoms with Crippen LogP contribution in [0.5, 0.6) is 0 Å². The molecule has 2 unspecified atom stereocenters. The van der Waals surface area contributed by atoms with Crippen LogP contribution in [0.2, 0.25) is 0 Å². The van der Waals surface area contributed by atoms with E-state index in [0.29, 0.717) is 100 Å². The Bertz CT molecular complexity index is 1940. The zero-order valence-electron chi connectivity index (χ0n) is 34.2. The van der Waals surface area contributed by atoms with Gasteiger partial charge in [0, 0.05) is 42.3 Å². The average Bonchev–Trinajstić information content (AvgIpc) is 4.02. The highest BCUT2D eigenvalue weighted by molar-refractivity contribution is 8.00. The van der Waals surface area contributed by atoms with E-state index >= 15 is 0 Å². The van der Waals surface area contributed by atoms with Gasteiger partial charge in [-0.25, -0.2) is 9.97 Å². The standard InChI is InChI=1S/C39H55N9O9S3/c1-39(2,3)28-18-43-32(57-28)23-58-33-20-44-38(60-33)46-35(52)24-6-10-47(11-7-24)22-31(51)41-9-13-56-15-14-55-12-8-40-19-30(50)42-17-26-16-25-21-48(37(54)34(25)59-26)27-4-5-29(49)45-36(27)53/h16,18,20,24,27,35,40,52H,4-15,17,19,21-23H2,1-3H3,(H,41,51)(H,42,50)(H,44,46)(H,45,49,53). The predicted octanol–water partition coefficient (Wildman–Crippen LogP) is 2.04. The van der Waals surface area contributed by atoms with Gasteiger partial charge in [0.1, 0.15) is 18.0 Å². The highest BCUT2D eigenvalue weighted by Gasteiger charge is 2.40. The lowest BCUT2D eigenvalue weighted by molar-refractivity contribution is -0.137. The number of amides is 5. The maximum absolute atomic E-state index is 12.9. The molecule has 3 aromatic heterocycles. The van der Waals surface area contributed by atoms with Crippen molar-refractivity contribution in [3.05, 3.63) is 45.4 Å². The molecule has 21 heteroatoms. The number of aliphatic hydroxyl groups is 1. The number of oxazole rings is 1. The van der Waals surface area contributed by atoms with Crippen LogP contribution in [0.1, 0.15) is 78.2 Å². The quantitative estimate of drug-likeness (QED) is 0.0367. The van der Waals surface area contributed by atoms with Gasteiger partial charge in [-0.3, -0.25) is 34.2 Å². The first-order valence-corrected chi connectivity index (χ1v) is 22.8. The van der Waals surface area contributed by atoms with E-state index in [4.69, 9.17) is 13.9 Å². The molecular weight excluding hydrogens is 835 g/mol. The molecule has 3 aromatic rings. The van der Waals surface area contributed by atoms with E-state index in [0.717, 1.165) is 33.3 Å². The largest absolute Gasteiger partial charge is 0.444 e. The summed E-state index contributed by atoms with van der Waals surface area (Å²) in [4.78, 5) is 75.2. The summed E-state index contributed by atoms with van der Waals surface area (Å²) in [5.41, 5.74) is 0.738. The Morgan fingerprint density at radius 3 is 2.50 bits per heavy atom. The highest BCUT2D eigenvalue weighted by atomic mass is 32.2. The van der Waals surface area contributed by atoms with E-state index < -0.39 is 18.2 Å². The number of carbonyl (C=O) groups excluding carboxylic acids is 5. The fourth-order valence-corrected chi connectivity index (χ4v) is 9.67. The Hall–Kier alpha value is -3.96. The Morgan fingerprint density at radius 1 is 1.02 bits per heavy atom. The van der Waals surface area contributed by atoms with Crippen LogP contribution in [0.3, 0.4) is 0 Å². The van der Waals surface area contributed by atoms with E-state index in [1.807, 2.05) is 6.07 Å². The number of nitrogens with one attached hydrogen (secondary N) is 5. The molecule has 6 heterocycles. The minimum atomic E-state index is -0.722. The summed E-state index contributed by atoms with van der Waals surface area (Å²) in [5, 5.41) is 25.7. The van der Waals surface area contributed by atoms with Gasteiger partial charge in [-0.05, 0) is 44.0 Å². The first-order valence-electron chi connectivity index (χ1n) is 20.2. The number of hydrogen-bond acceptors (Lipinski definition) is 17. The van der Waals surface area contributed by atoms with Crippen molar-refractivity contribution >= 4 is 69.1 Å². The number of carbonyl (C=O) groups is 5. The van der Waals surface area contributed by atoms with Crippen molar-refractivity contribution in [3.8, 4) is 0 Å². The third-order valence-electron chi connectivity index (χ3n) is 10.2. The SMILES string of the molecule is CC(C)(C)c1cnc(CSc2cnc(NC(O)C3CCN(CC(=O)NCCOCCOCCNCC(=O)NCc4cc5c(s4)C(=O)N(C4CCC(=O)NC4=O)C5)CC3)s2)o1. The van der Waals surface area contributed by atoms with Crippen molar-refractivity contribution in [2.24, 2.45) is 5.92 Å². The number of nitrogens with zero attached hydrogens (tertiary/aromatic N) is 4. The molecule has 0 aliphatic carbocycles. The normalized spacial score (nSPS) is 18.1. The number of rotatable bonds is 22. The molecule has 3 aliphatic heterocycles. The first kappa shape index (κ1) is 45.6. The lowest BCUT2D eigenvalue weighted by Gasteiger charge is -2.33. The molecule has 60 heavy (non-hydrogen) atoms. The van der Waals surface area contributed by atoms with Gasteiger partial charge in [0.05, 0.1) is 73.3 Å². The van der Waals surface area contributed by atoms with E-state index in [1.165, 1.54) is 27.6 Å². The molecule has 6 N–H and O–H groups in total. The van der Waals surface area contributed by atoms with Gasteiger partial charge in [0.15, 0.2) is 5.13 Å². The summed E-state index contributed by atoms with van der Waals surface area (Å²) in [5.74, 6) is 0.964. The molecule has 0 bridgehead atoms. The summed E-state index contributed by atoms with van der Waals surface area (Å²) in [6, 6.07) is 1.24. The summed E-state index contributed by atoms with van der Waals surface area (Å²) in [7, 11) is 0. The van der Waals surface area contributed by atoms with Crippen molar-refractivity contribution in [3.63, 3.8) is 0 Å². The average molecular weight is 890 g/mol. The van der Waals surface area contributed by atoms with Crippen LogP contribution in [-0.2, 0) is 52.9 Å². The predicted molar refractivity (Wildman–Crippen MR) is 225 cm³/mol. The number of thioether (sulfide) groups is 1. The Kier molecular flexibility index (Phi) is 16.5. The Balaban J connectivity index is 0.725. The molecule has 0 saturated carbocycles. The topological polar surface area (TPSA) is 230 Å². The number of likely N-dealkylation sites (tertiary alicyclic amines) is 1. The smallest absolute Gasteiger partial charge is 0.265 e. The molecule has 328 valence electrons. The second kappa shape index (κ2) is 21.7. The van der Waals surface area contributed by atoms with Crippen molar-refractivity contribution < 1.29 is 43.0 Å². The number of imide groups is 1. The van der Waals surface area contributed by atoms with Crippen molar-refractivity contribution in [1.82, 2.24) is 41.0 Å². The second-order valence-electron chi connectivity index (χ2n) is 15.8. The molecule has 2 atom stereocenters. The van der Waals surface area contributed by atoms with Crippen LogP contribution in [0.15, 0.2) is 27.1 Å².